The standard InChI is InChI=1S/C74H144O17P2/c1-8-10-11-12-13-14-15-21-26-34-41-48-55-71(76)84-62-70(91-74(79)58-51-44-37-30-29-33-40-47-54-67(7)9-2)64-89-93(82,83)87-60-68(75)59-86-92(80,81)88-63-69(61-85-72(77)56-49-42-35-28-23-25-32-39-46-53-66(5)6)90-73(78)57-50-43-36-27-22-19-17-16-18-20-24-31-38-45-52-65(3)4/h65-70,75H,8-64H2,1-7H3,(H,80,81)(H,82,83)/t67?,68-,69-,70-/m1/s1. The molecular weight excluding hydrogens is 1220 g/mol. The number of hydrogen-bond donors (Lipinski definition) is 3. The number of phosphoric acid groups is 2. The Labute approximate surface area is 568 Å². The fourth-order valence-electron chi connectivity index (χ4n) is 11.2. The summed E-state index contributed by atoms with van der Waals surface area (Å²) in [4.78, 5) is 72.7. The van der Waals surface area contributed by atoms with Gasteiger partial charge in [-0.3, -0.25) is 37.3 Å². The average Bonchev–Trinajstić information content (AvgIpc) is 1.45. The molecule has 0 bridgehead atoms. The van der Waals surface area contributed by atoms with Crippen LogP contribution in [0.4, 0.5) is 0 Å². The van der Waals surface area contributed by atoms with Crippen molar-refractivity contribution in [1.29, 1.82) is 0 Å². The van der Waals surface area contributed by atoms with Crippen molar-refractivity contribution < 1.29 is 80.2 Å². The Hall–Kier alpha value is -1.94. The Bertz CT molecular complexity index is 1820. The van der Waals surface area contributed by atoms with Gasteiger partial charge in [-0.1, -0.05) is 325 Å². The maximum Gasteiger partial charge on any atom is 0.472 e. The summed E-state index contributed by atoms with van der Waals surface area (Å²) in [6, 6.07) is 0. The van der Waals surface area contributed by atoms with E-state index in [0.717, 1.165) is 108 Å². The van der Waals surface area contributed by atoms with E-state index in [2.05, 4.69) is 48.5 Å². The van der Waals surface area contributed by atoms with Crippen molar-refractivity contribution in [2.24, 2.45) is 17.8 Å². The molecule has 93 heavy (non-hydrogen) atoms. The van der Waals surface area contributed by atoms with Gasteiger partial charge in [0.05, 0.1) is 26.4 Å². The van der Waals surface area contributed by atoms with E-state index in [0.29, 0.717) is 25.7 Å². The fraction of sp³-hybridized carbons (Fsp3) is 0.946. The highest BCUT2D eigenvalue weighted by atomic mass is 31.2. The third-order valence-electron chi connectivity index (χ3n) is 17.5. The van der Waals surface area contributed by atoms with E-state index in [1.54, 1.807) is 0 Å². The number of phosphoric ester groups is 2. The van der Waals surface area contributed by atoms with Crippen molar-refractivity contribution in [3.63, 3.8) is 0 Å². The molecule has 0 rings (SSSR count). The van der Waals surface area contributed by atoms with Gasteiger partial charge in [0.1, 0.15) is 19.3 Å². The van der Waals surface area contributed by atoms with E-state index < -0.39 is 97.5 Å². The molecule has 0 saturated heterocycles. The molecule has 0 radical (unpaired) electrons. The van der Waals surface area contributed by atoms with Gasteiger partial charge < -0.3 is 33.8 Å². The molecule has 0 aliphatic rings. The Balaban J connectivity index is 5.26. The third kappa shape index (κ3) is 67.0. The van der Waals surface area contributed by atoms with Gasteiger partial charge in [-0.25, -0.2) is 9.13 Å². The van der Waals surface area contributed by atoms with Gasteiger partial charge in [-0.05, 0) is 43.4 Å². The number of ether oxygens (including phenoxy) is 4. The molecule has 0 aliphatic carbocycles. The monoisotopic (exact) mass is 1370 g/mol. The zero-order valence-electron chi connectivity index (χ0n) is 60.7. The first-order chi connectivity index (χ1) is 44.8. The fourth-order valence-corrected chi connectivity index (χ4v) is 12.8. The van der Waals surface area contributed by atoms with Gasteiger partial charge in [0, 0.05) is 25.7 Å². The normalized spacial score (nSPS) is 14.4. The minimum atomic E-state index is -4.96. The number of carbonyl (C=O) groups is 4. The second-order valence-electron chi connectivity index (χ2n) is 27.9. The van der Waals surface area contributed by atoms with Gasteiger partial charge in [-0.15, -0.1) is 0 Å². The van der Waals surface area contributed by atoms with Crippen molar-refractivity contribution in [3.05, 3.63) is 0 Å². The second kappa shape index (κ2) is 64.7. The molecule has 0 aromatic rings. The van der Waals surface area contributed by atoms with Crippen LogP contribution in [0.3, 0.4) is 0 Å². The second-order valence-corrected chi connectivity index (χ2v) is 30.8. The molecule has 0 amide bonds. The molecule has 17 nitrogen and oxygen atoms in total. The number of unbranched alkanes of at least 4 members (excludes halogenated alkanes) is 39. The Morgan fingerprint density at radius 3 is 0.817 bits per heavy atom. The summed E-state index contributed by atoms with van der Waals surface area (Å²) < 4.78 is 68.5. The van der Waals surface area contributed by atoms with Gasteiger partial charge in [0.2, 0.25) is 0 Å². The largest absolute Gasteiger partial charge is 0.472 e. The maximum absolute atomic E-state index is 13.1. The minimum Gasteiger partial charge on any atom is -0.462 e. The van der Waals surface area contributed by atoms with E-state index in [9.17, 15) is 43.2 Å². The lowest BCUT2D eigenvalue weighted by Gasteiger charge is -2.21. The number of hydrogen-bond acceptors (Lipinski definition) is 15. The topological polar surface area (TPSA) is 237 Å². The van der Waals surface area contributed by atoms with Gasteiger partial charge in [0.25, 0.3) is 0 Å². The van der Waals surface area contributed by atoms with Gasteiger partial charge in [0.15, 0.2) is 12.2 Å². The molecule has 0 aromatic heterocycles. The summed E-state index contributed by atoms with van der Waals surface area (Å²) in [5.74, 6) is 0.188. The van der Waals surface area contributed by atoms with E-state index >= 15 is 0 Å². The first-order valence-electron chi connectivity index (χ1n) is 38.4. The van der Waals surface area contributed by atoms with Crippen molar-refractivity contribution in [3.8, 4) is 0 Å². The lowest BCUT2D eigenvalue weighted by atomic mass is 9.99. The summed E-state index contributed by atoms with van der Waals surface area (Å²) >= 11 is 0. The van der Waals surface area contributed by atoms with E-state index in [4.69, 9.17) is 37.0 Å². The van der Waals surface area contributed by atoms with Crippen molar-refractivity contribution in [2.45, 2.75) is 394 Å². The number of rotatable bonds is 72. The zero-order valence-corrected chi connectivity index (χ0v) is 62.5. The van der Waals surface area contributed by atoms with Gasteiger partial charge >= 0.3 is 39.5 Å². The van der Waals surface area contributed by atoms with Crippen molar-refractivity contribution >= 4 is 39.5 Å². The van der Waals surface area contributed by atoms with Crippen LogP contribution in [0, 0.1) is 17.8 Å². The van der Waals surface area contributed by atoms with Crippen LogP contribution in [-0.2, 0) is 65.4 Å². The molecule has 0 heterocycles. The summed E-state index contributed by atoms with van der Waals surface area (Å²) in [6.45, 7) is 11.9. The van der Waals surface area contributed by atoms with Crippen LogP contribution in [0.2, 0.25) is 0 Å². The first-order valence-corrected chi connectivity index (χ1v) is 41.4. The lowest BCUT2D eigenvalue weighted by molar-refractivity contribution is -0.161. The maximum atomic E-state index is 13.1. The summed E-state index contributed by atoms with van der Waals surface area (Å²) in [7, 11) is -9.91. The van der Waals surface area contributed by atoms with Crippen LogP contribution in [0.5, 0.6) is 0 Å². The molecule has 6 atom stereocenters. The SMILES string of the molecule is CCCCCCCCCCCCCCC(=O)OC[C@H](COP(=O)(O)OC[C@H](O)COP(=O)(O)OC[C@@H](COC(=O)CCCCCCCCCCCC(C)C)OC(=O)CCCCCCCCCCCCCCCCC(C)C)OC(=O)CCCCCCCCCCC(C)CC. The predicted octanol–water partition coefficient (Wildman–Crippen LogP) is 21.4. The first kappa shape index (κ1) is 91.1. The molecule has 0 spiro atoms. The number of carbonyl (C=O) groups excluding carboxylic acids is 4. The number of aliphatic hydroxyl groups excluding tert-OH is 1. The highest BCUT2D eigenvalue weighted by Gasteiger charge is 2.30. The van der Waals surface area contributed by atoms with E-state index in [1.807, 2.05) is 0 Å². The molecule has 3 N–H and O–H groups in total. The average molecular weight is 1370 g/mol. The summed E-state index contributed by atoms with van der Waals surface area (Å²) in [6.07, 6.45) is 49.8. The molecule has 0 fully saturated rings. The molecule has 552 valence electrons. The van der Waals surface area contributed by atoms with Crippen LogP contribution in [0.15, 0.2) is 0 Å². The van der Waals surface area contributed by atoms with E-state index in [1.165, 1.54) is 186 Å². The molecule has 3 unspecified atom stereocenters. The van der Waals surface area contributed by atoms with Crippen LogP contribution < -0.4 is 0 Å². The minimum absolute atomic E-state index is 0.105. The number of esters is 4. The quantitative estimate of drug-likeness (QED) is 0.0222. The van der Waals surface area contributed by atoms with Crippen LogP contribution in [0.25, 0.3) is 0 Å². The Morgan fingerprint density at radius 1 is 0.312 bits per heavy atom. The van der Waals surface area contributed by atoms with Crippen LogP contribution in [-0.4, -0.2) is 96.7 Å². The Kier molecular flexibility index (Phi) is 63.4. The molecule has 0 aliphatic heterocycles. The smallest absolute Gasteiger partial charge is 0.462 e. The number of aliphatic hydroxyl groups is 1. The lowest BCUT2D eigenvalue weighted by Crippen LogP contribution is -2.30. The van der Waals surface area contributed by atoms with Crippen LogP contribution in [0.1, 0.15) is 376 Å². The van der Waals surface area contributed by atoms with Crippen molar-refractivity contribution in [2.75, 3.05) is 39.6 Å². The zero-order chi connectivity index (χ0) is 68.7. The van der Waals surface area contributed by atoms with Crippen molar-refractivity contribution in [1.82, 2.24) is 0 Å². The Morgan fingerprint density at radius 2 is 0.548 bits per heavy atom. The summed E-state index contributed by atoms with van der Waals surface area (Å²) in [5.41, 5.74) is 0. The van der Waals surface area contributed by atoms with E-state index in [-0.39, 0.29) is 25.7 Å². The molecular formula is C74H144O17P2. The molecule has 19 heteroatoms. The summed E-state index contributed by atoms with van der Waals surface area (Å²) in [5, 5.41) is 10.6. The molecule has 0 saturated carbocycles. The highest BCUT2D eigenvalue weighted by molar-refractivity contribution is 7.47. The third-order valence-corrected chi connectivity index (χ3v) is 19.4. The molecule has 0 aromatic carbocycles. The highest BCUT2D eigenvalue weighted by Crippen LogP contribution is 2.45. The van der Waals surface area contributed by atoms with Crippen LogP contribution >= 0.6 is 15.6 Å². The van der Waals surface area contributed by atoms with Gasteiger partial charge in [-0.2, -0.15) is 0 Å². The predicted molar refractivity (Wildman–Crippen MR) is 377 cm³/mol.